The molecule has 0 aliphatic carbocycles. The third-order valence-corrected chi connectivity index (χ3v) is 2.64. The van der Waals surface area contributed by atoms with Crippen LogP contribution in [0.25, 0.3) is 0 Å². The van der Waals surface area contributed by atoms with Crippen molar-refractivity contribution < 1.29 is 13.5 Å². The molecule has 0 amide bonds. The third-order valence-electron chi connectivity index (χ3n) is 2.64. The van der Waals surface area contributed by atoms with Gasteiger partial charge in [0.15, 0.2) is 11.6 Å². The first-order valence-electron chi connectivity index (χ1n) is 4.80. The first-order valence-corrected chi connectivity index (χ1v) is 4.80. The zero-order valence-electron chi connectivity index (χ0n) is 7.80. The first kappa shape index (κ1) is 9.59. The molecule has 2 rings (SSSR count). The zero-order chi connectivity index (χ0) is 9.97. The number of hydrogen-bond acceptors (Lipinski definition) is 1. The van der Waals surface area contributed by atoms with E-state index >= 15 is 0 Å². The summed E-state index contributed by atoms with van der Waals surface area (Å²) in [6.07, 6.45) is 1.79. The van der Waals surface area contributed by atoms with E-state index in [9.17, 15) is 8.78 Å². The predicted octanol–water partition coefficient (Wildman–Crippen LogP) is 2.86. The minimum Gasteiger partial charge on any atom is -0.381 e. The highest BCUT2D eigenvalue weighted by atomic mass is 19.2. The van der Waals surface area contributed by atoms with E-state index in [1.807, 2.05) is 0 Å². The Kier molecular flexibility index (Phi) is 2.77. The topological polar surface area (TPSA) is 9.23 Å². The summed E-state index contributed by atoms with van der Waals surface area (Å²) in [6, 6.07) is 4.15. The van der Waals surface area contributed by atoms with Crippen molar-refractivity contribution in [2.75, 3.05) is 13.2 Å². The van der Waals surface area contributed by atoms with E-state index in [0.29, 0.717) is 19.1 Å². The van der Waals surface area contributed by atoms with E-state index in [2.05, 4.69) is 0 Å². The summed E-state index contributed by atoms with van der Waals surface area (Å²) < 4.78 is 30.8. The molecule has 0 aromatic heterocycles. The Hall–Kier alpha value is -0.960. The van der Waals surface area contributed by atoms with Gasteiger partial charge in [-0.2, -0.15) is 0 Å². The minimum absolute atomic E-state index is 0.318. The second-order valence-electron chi connectivity index (χ2n) is 3.56. The van der Waals surface area contributed by atoms with Gasteiger partial charge in [-0.05, 0) is 36.5 Å². The van der Waals surface area contributed by atoms with Crippen LogP contribution in [0.4, 0.5) is 8.78 Å². The monoisotopic (exact) mass is 198 g/mol. The maximum absolute atomic E-state index is 12.9. The quantitative estimate of drug-likeness (QED) is 0.674. The lowest BCUT2D eigenvalue weighted by molar-refractivity contribution is 0.0852. The van der Waals surface area contributed by atoms with E-state index < -0.39 is 11.6 Å². The fourth-order valence-electron chi connectivity index (χ4n) is 1.80. The fourth-order valence-corrected chi connectivity index (χ4v) is 1.80. The van der Waals surface area contributed by atoms with Gasteiger partial charge in [-0.25, -0.2) is 8.78 Å². The van der Waals surface area contributed by atoms with Gasteiger partial charge in [0.2, 0.25) is 0 Å². The molecule has 1 aliphatic rings. The van der Waals surface area contributed by atoms with Gasteiger partial charge in [0.1, 0.15) is 0 Å². The molecule has 0 saturated carbocycles. The molecule has 3 heteroatoms. The van der Waals surface area contributed by atoms with Crippen LogP contribution >= 0.6 is 0 Å². The van der Waals surface area contributed by atoms with Crippen LogP contribution in [0.2, 0.25) is 0 Å². The summed E-state index contributed by atoms with van der Waals surface area (Å²) in [5.74, 6) is -1.21. The Bertz CT molecular complexity index is 319. The van der Waals surface area contributed by atoms with Crippen molar-refractivity contribution in [2.24, 2.45) is 0 Å². The van der Waals surface area contributed by atoms with Gasteiger partial charge in [-0.15, -0.1) is 0 Å². The number of ether oxygens (including phenoxy) is 1. The molecule has 0 unspecified atom stereocenters. The normalized spacial score (nSPS) is 18.4. The van der Waals surface area contributed by atoms with Crippen molar-refractivity contribution in [3.63, 3.8) is 0 Å². The second kappa shape index (κ2) is 4.05. The van der Waals surface area contributed by atoms with Crippen LogP contribution in [0.3, 0.4) is 0 Å². The van der Waals surface area contributed by atoms with Crippen LogP contribution in [0.15, 0.2) is 18.2 Å². The van der Waals surface area contributed by atoms with Gasteiger partial charge in [0.05, 0.1) is 0 Å². The van der Waals surface area contributed by atoms with Crippen LogP contribution in [-0.4, -0.2) is 13.2 Å². The molecule has 76 valence electrons. The molecule has 1 saturated heterocycles. The van der Waals surface area contributed by atoms with Crippen LogP contribution in [0, 0.1) is 11.6 Å². The molecule has 1 heterocycles. The lowest BCUT2D eigenvalue weighted by Crippen LogP contribution is -2.14. The van der Waals surface area contributed by atoms with Gasteiger partial charge >= 0.3 is 0 Å². The molecule has 0 radical (unpaired) electrons. The summed E-state index contributed by atoms with van der Waals surface area (Å²) in [6.45, 7) is 1.42. The van der Waals surface area contributed by atoms with Crippen molar-refractivity contribution in [1.82, 2.24) is 0 Å². The lowest BCUT2D eigenvalue weighted by atomic mass is 9.92. The second-order valence-corrected chi connectivity index (χ2v) is 3.56. The van der Waals surface area contributed by atoms with Crippen molar-refractivity contribution in [1.29, 1.82) is 0 Å². The summed E-state index contributed by atoms with van der Waals surface area (Å²) in [4.78, 5) is 0. The third kappa shape index (κ3) is 1.93. The lowest BCUT2D eigenvalue weighted by Gasteiger charge is -2.22. The largest absolute Gasteiger partial charge is 0.381 e. The average Bonchev–Trinajstić information content (AvgIpc) is 2.23. The molecule has 0 atom stereocenters. The number of halogens is 2. The van der Waals surface area contributed by atoms with Crippen LogP contribution in [-0.2, 0) is 4.74 Å². The molecule has 1 nitrogen and oxygen atoms in total. The highest BCUT2D eigenvalue weighted by molar-refractivity contribution is 5.22. The summed E-state index contributed by atoms with van der Waals surface area (Å²) in [5, 5.41) is 0. The smallest absolute Gasteiger partial charge is 0.159 e. The van der Waals surface area contributed by atoms with E-state index in [4.69, 9.17) is 4.74 Å². The van der Waals surface area contributed by atoms with Crippen molar-refractivity contribution in [3.8, 4) is 0 Å². The van der Waals surface area contributed by atoms with E-state index in [1.54, 1.807) is 6.07 Å². The van der Waals surface area contributed by atoms with Gasteiger partial charge in [0, 0.05) is 13.2 Å². The highest BCUT2D eigenvalue weighted by Gasteiger charge is 2.16. The molecular weight excluding hydrogens is 186 g/mol. The molecule has 14 heavy (non-hydrogen) atoms. The Balaban J connectivity index is 2.18. The molecular formula is C11H12F2O. The van der Waals surface area contributed by atoms with Crippen molar-refractivity contribution in [2.45, 2.75) is 18.8 Å². The van der Waals surface area contributed by atoms with Crippen molar-refractivity contribution in [3.05, 3.63) is 35.4 Å². The Morgan fingerprint density at radius 1 is 1.07 bits per heavy atom. The average molecular weight is 198 g/mol. The molecule has 1 aromatic carbocycles. The van der Waals surface area contributed by atoms with Gasteiger partial charge in [-0.3, -0.25) is 0 Å². The first-order chi connectivity index (χ1) is 6.77. The van der Waals surface area contributed by atoms with E-state index in [0.717, 1.165) is 18.4 Å². The Morgan fingerprint density at radius 2 is 1.79 bits per heavy atom. The predicted molar refractivity (Wildman–Crippen MR) is 49.2 cm³/mol. The molecule has 1 aromatic rings. The van der Waals surface area contributed by atoms with E-state index in [-0.39, 0.29) is 0 Å². The SMILES string of the molecule is Fc1ccc(C2CCOCC2)cc1F. The minimum atomic E-state index is -0.777. The number of hydrogen-bond donors (Lipinski definition) is 0. The van der Waals surface area contributed by atoms with Gasteiger partial charge in [0.25, 0.3) is 0 Å². The molecule has 1 fully saturated rings. The number of benzene rings is 1. The van der Waals surface area contributed by atoms with E-state index in [1.165, 1.54) is 12.1 Å². The van der Waals surface area contributed by atoms with Gasteiger partial charge < -0.3 is 4.74 Å². The Labute approximate surface area is 81.7 Å². The highest BCUT2D eigenvalue weighted by Crippen LogP contribution is 2.27. The molecule has 1 aliphatic heterocycles. The molecule has 0 spiro atoms. The maximum atomic E-state index is 12.9. The zero-order valence-corrected chi connectivity index (χ0v) is 7.80. The van der Waals surface area contributed by atoms with Crippen molar-refractivity contribution >= 4 is 0 Å². The maximum Gasteiger partial charge on any atom is 0.159 e. The standard InChI is InChI=1S/C11H12F2O/c12-10-2-1-9(7-11(10)13)8-3-5-14-6-4-8/h1-2,7-8H,3-6H2. The summed E-state index contributed by atoms with van der Waals surface area (Å²) >= 11 is 0. The van der Waals surface area contributed by atoms with Gasteiger partial charge in [-0.1, -0.05) is 6.07 Å². The van der Waals surface area contributed by atoms with Crippen LogP contribution in [0.5, 0.6) is 0 Å². The molecule has 0 bridgehead atoms. The fraction of sp³-hybridized carbons (Fsp3) is 0.455. The Morgan fingerprint density at radius 3 is 2.43 bits per heavy atom. The summed E-state index contributed by atoms with van der Waals surface area (Å²) in [5.41, 5.74) is 0.882. The molecule has 0 N–H and O–H groups in total. The number of rotatable bonds is 1. The summed E-state index contributed by atoms with van der Waals surface area (Å²) in [7, 11) is 0. The van der Waals surface area contributed by atoms with Crippen LogP contribution < -0.4 is 0 Å². The van der Waals surface area contributed by atoms with Crippen LogP contribution in [0.1, 0.15) is 24.3 Å².